The van der Waals surface area contributed by atoms with Crippen LogP contribution < -0.4 is 4.90 Å². The minimum absolute atomic E-state index is 0.0323. The number of hydrogen-bond acceptors (Lipinski definition) is 7. The van der Waals surface area contributed by atoms with E-state index in [2.05, 4.69) is 12.1 Å². The second-order valence-corrected chi connectivity index (χ2v) is 8.70. The molecule has 116 valence electrons. The van der Waals surface area contributed by atoms with Crippen molar-refractivity contribution in [1.29, 1.82) is 0 Å². The minimum Gasteiger partial charge on any atom is -0.395 e. The van der Waals surface area contributed by atoms with Crippen molar-refractivity contribution < 1.29 is 9.90 Å². The zero-order valence-electron chi connectivity index (χ0n) is 12.0. The van der Waals surface area contributed by atoms with Gasteiger partial charge in [0.25, 0.3) is 5.91 Å². The lowest BCUT2D eigenvalue weighted by molar-refractivity contribution is -0.121. The van der Waals surface area contributed by atoms with Gasteiger partial charge < -0.3 is 10.0 Å². The van der Waals surface area contributed by atoms with E-state index in [1.807, 2.05) is 18.0 Å². The summed E-state index contributed by atoms with van der Waals surface area (Å²) in [7, 11) is 3.67. The number of thioether (sulfide) groups is 1. The lowest BCUT2D eigenvalue weighted by atomic mass is 10.4. The normalized spacial score (nSPS) is 17.2. The van der Waals surface area contributed by atoms with Crippen LogP contribution in [0.5, 0.6) is 0 Å². The van der Waals surface area contributed by atoms with Gasteiger partial charge >= 0.3 is 0 Å². The fourth-order valence-corrected chi connectivity index (χ4v) is 5.61. The third-order valence-corrected chi connectivity index (χ3v) is 7.12. The van der Waals surface area contributed by atoms with Crippen LogP contribution in [0.2, 0.25) is 0 Å². The first kappa shape index (κ1) is 15.9. The fraction of sp³-hybridized carbons (Fsp3) is 0.286. The number of thiophene rings is 2. The number of aliphatic hydroxyl groups excluding tert-OH is 1. The van der Waals surface area contributed by atoms with Crippen LogP contribution in [0.25, 0.3) is 15.5 Å². The number of aliphatic hydroxyl groups is 1. The third-order valence-electron chi connectivity index (χ3n) is 3.28. The number of carbonyl (C=O) groups excluding carboxylic acids is 1. The molecule has 22 heavy (non-hydrogen) atoms. The van der Waals surface area contributed by atoms with Crippen molar-refractivity contribution in [3.8, 4) is 0 Å². The van der Waals surface area contributed by atoms with E-state index in [1.165, 1.54) is 26.1 Å². The van der Waals surface area contributed by atoms with E-state index in [0.717, 1.165) is 9.88 Å². The average molecular weight is 371 g/mol. The summed E-state index contributed by atoms with van der Waals surface area (Å²) in [5.41, 5.74) is 0. The van der Waals surface area contributed by atoms with Crippen LogP contribution in [0.3, 0.4) is 0 Å². The van der Waals surface area contributed by atoms with Crippen LogP contribution in [0.4, 0.5) is 5.00 Å². The van der Waals surface area contributed by atoms with Crippen molar-refractivity contribution in [2.24, 2.45) is 0 Å². The molecular formula is C14H14N2O2S4. The highest BCUT2D eigenvalue weighted by atomic mass is 32.2. The van der Waals surface area contributed by atoms with Gasteiger partial charge in [0.05, 0.1) is 16.5 Å². The van der Waals surface area contributed by atoms with E-state index < -0.39 is 0 Å². The van der Waals surface area contributed by atoms with Gasteiger partial charge in [0, 0.05) is 34.9 Å². The molecule has 1 fully saturated rings. The zero-order chi connectivity index (χ0) is 15.9. The molecule has 1 saturated heterocycles. The highest BCUT2D eigenvalue weighted by Crippen LogP contribution is 2.39. The zero-order valence-corrected chi connectivity index (χ0v) is 15.3. The van der Waals surface area contributed by atoms with E-state index in [0.29, 0.717) is 15.8 Å². The van der Waals surface area contributed by atoms with E-state index in [9.17, 15) is 4.79 Å². The topological polar surface area (TPSA) is 43.8 Å². The number of carbonyl (C=O) groups is 1. The van der Waals surface area contributed by atoms with Gasteiger partial charge in [-0.1, -0.05) is 24.0 Å². The standard InChI is InChI=1S/C14H14N2O2S4/c1-15(3-4-17)12-7-10-9(21-12)5-8(20-10)6-11-13(18)16(2)14(19)22-11/h5-7,17H,3-4H2,1-2H3/b11-6-. The van der Waals surface area contributed by atoms with Crippen molar-refractivity contribution in [3.05, 3.63) is 21.9 Å². The van der Waals surface area contributed by atoms with E-state index in [-0.39, 0.29) is 12.5 Å². The smallest absolute Gasteiger partial charge is 0.265 e. The van der Waals surface area contributed by atoms with E-state index in [1.54, 1.807) is 29.7 Å². The summed E-state index contributed by atoms with van der Waals surface area (Å²) in [5.74, 6) is -0.0323. The summed E-state index contributed by atoms with van der Waals surface area (Å²) >= 11 is 9.84. The van der Waals surface area contributed by atoms with Crippen LogP contribution in [0.15, 0.2) is 17.0 Å². The highest BCUT2D eigenvalue weighted by Gasteiger charge is 2.28. The monoisotopic (exact) mass is 370 g/mol. The number of nitrogens with zero attached hydrogens (tertiary/aromatic N) is 2. The molecule has 0 aromatic carbocycles. The maximum atomic E-state index is 12.0. The van der Waals surface area contributed by atoms with Crippen LogP contribution >= 0.6 is 46.7 Å². The maximum absolute atomic E-state index is 12.0. The first-order chi connectivity index (χ1) is 10.5. The van der Waals surface area contributed by atoms with Crippen LogP contribution in [-0.2, 0) is 4.79 Å². The van der Waals surface area contributed by atoms with Gasteiger partial charge in [0.1, 0.15) is 4.32 Å². The lowest BCUT2D eigenvalue weighted by Crippen LogP contribution is -2.22. The van der Waals surface area contributed by atoms with Crippen LogP contribution in [-0.4, -0.2) is 47.5 Å². The van der Waals surface area contributed by atoms with Crippen molar-refractivity contribution in [2.45, 2.75) is 0 Å². The Morgan fingerprint density at radius 1 is 1.36 bits per heavy atom. The van der Waals surface area contributed by atoms with Gasteiger partial charge in [0.2, 0.25) is 0 Å². The first-order valence-corrected chi connectivity index (χ1v) is 9.42. The molecular weight excluding hydrogens is 356 g/mol. The molecule has 2 aromatic rings. The molecule has 0 saturated carbocycles. The Labute approximate surface area is 146 Å². The fourth-order valence-electron chi connectivity index (χ4n) is 2.04. The molecule has 0 spiro atoms. The predicted molar refractivity (Wildman–Crippen MR) is 101 cm³/mol. The van der Waals surface area contributed by atoms with Crippen LogP contribution in [0.1, 0.15) is 4.88 Å². The number of thiocarbonyl (C=S) groups is 1. The Morgan fingerprint density at radius 2 is 2.09 bits per heavy atom. The molecule has 2 aromatic heterocycles. The lowest BCUT2D eigenvalue weighted by Gasteiger charge is -2.14. The Morgan fingerprint density at radius 3 is 2.68 bits per heavy atom. The van der Waals surface area contributed by atoms with E-state index >= 15 is 0 Å². The third kappa shape index (κ3) is 2.93. The largest absolute Gasteiger partial charge is 0.395 e. The molecule has 1 aliphatic heterocycles. The predicted octanol–water partition coefficient (Wildman–Crippen LogP) is 3.22. The maximum Gasteiger partial charge on any atom is 0.265 e. The van der Waals surface area contributed by atoms with Gasteiger partial charge in [-0.15, -0.1) is 22.7 Å². The van der Waals surface area contributed by atoms with Crippen molar-refractivity contribution >= 4 is 77.4 Å². The number of likely N-dealkylation sites (N-methyl/N-ethyl adjacent to an activating group) is 2. The van der Waals surface area contributed by atoms with Gasteiger partial charge in [-0.3, -0.25) is 9.69 Å². The molecule has 4 nitrogen and oxygen atoms in total. The summed E-state index contributed by atoms with van der Waals surface area (Å²) in [6.07, 6.45) is 1.91. The second kappa shape index (κ2) is 6.29. The summed E-state index contributed by atoms with van der Waals surface area (Å²) in [5, 5.41) is 10.1. The molecule has 3 rings (SSSR count). The van der Waals surface area contributed by atoms with Crippen LogP contribution in [0, 0.1) is 0 Å². The van der Waals surface area contributed by atoms with E-state index in [4.69, 9.17) is 17.3 Å². The quantitative estimate of drug-likeness (QED) is 0.661. The minimum atomic E-state index is -0.0323. The molecule has 1 aliphatic rings. The molecule has 8 heteroatoms. The van der Waals surface area contributed by atoms with Gasteiger partial charge in [-0.25, -0.2) is 0 Å². The number of rotatable bonds is 4. The summed E-state index contributed by atoms with van der Waals surface area (Å²) < 4.78 is 2.99. The first-order valence-electron chi connectivity index (χ1n) is 6.56. The molecule has 0 aliphatic carbocycles. The second-order valence-electron chi connectivity index (χ2n) is 4.85. The Kier molecular flexibility index (Phi) is 4.56. The average Bonchev–Trinajstić information content (AvgIpc) is 3.09. The Bertz CT molecular complexity index is 745. The van der Waals surface area contributed by atoms with Crippen molar-refractivity contribution in [3.63, 3.8) is 0 Å². The van der Waals surface area contributed by atoms with Crippen molar-refractivity contribution in [2.75, 3.05) is 32.1 Å². The summed E-state index contributed by atoms with van der Waals surface area (Å²) in [6.45, 7) is 0.770. The molecule has 0 atom stereocenters. The number of fused-ring (bicyclic) bond motifs is 1. The number of hydrogen-bond donors (Lipinski definition) is 1. The SMILES string of the molecule is CN1C(=O)/C(=C/c2cc3sc(N(C)CCO)cc3s2)SC1=S. The van der Waals surface area contributed by atoms with Crippen molar-refractivity contribution in [1.82, 2.24) is 4.90 Å². The van der Waals surface area contributed by atoms with Gasteiger partial charge in [-0.05, 0) is 18.2 Å². The Balaban J connectivity index is 1.86. The number of anilines is 1. The molecule has 0 bridgehead atoms. The molecule has 1 N–H and O–H groups in total. The molecule has 3 heterocycles. The Hall–Kier alpha value is -0.930. The molecule has 0 unspecified atom stereocenters. The highest BCUT2D eigenvalue weighted by molar-refractivity contribution is 8.26. The number of amides is 1. The molecule has 0 radical (unpaired) electrons. The summed E-state index contributed by atoms with van der Waals surface area (Å²) in [6, 6.07) is 4.23. The van der Waals surface area contributed by atoms with Gasteiger partial charge in [0.15, 0.2) is 0 Å². The van der Waals surface area contributed by atoms with Gasteiger partial charge in [-0.2, -0.15) is 0 Å². The summed E-state index contributed by atoms with van der Waals surface area (Å²) in [4.78, 5) is 17.3. The molecule has 1 amide bonds.